The maximum atomic E-state index is 14.8. The number of benzene rings is 1. The number of rotatable bonds is 6. The first-order valence-corrected chi connectivity index (χ1v) is 9.81. The minimum Gasteiger partial charge on any atom is -0.467 e. The number of halogens is 2. The van der Waals surface area contributed by atoms with Gasteiger partial charge in [0, 0.05) is 36.8 Å². The van der Waals surface area contributed by atoms with Gasteiger partial charge in [-0.15, -0.1) is 0 Å². The first kappa shape index (κ1) is 19.4. The van der Waals surface area contributed by atoms with Crippen LogP contribution in [0.2, 0.25) is 5.02 Å². The quantitative estimate of drug-likeness (QED) is 0.741. The van der Waals surface area contributed by atoms with Crippen molar-refractivity contribution in [1.82, 2.24) is 15.3 Å². The van der Waals surface area contributed by atoms with E-state index in [1.807, 2.05) is 18.0 Å². The summed E-state index contributed by atoms with van der Waals surface area (Å²) in [7, 11) is 3.45. The van der Waals surface area contributed by atoms with E-state index in [2.05, 4.69) is 15.3 Å². The molecule has 2 saturated heterocycles. The maximum absolute atomic E-state index is 14.8. The van der Waals surface area contributed by atoms with E-state index in [0.29, 0.717) is 28.3 Å². The molecule has 3 heterocycles. The second kappa shape index (κ2) is 8.19. The van der Waals surface area contributed by atoms with E-state index in [4.69, 9.17) is 21.1 Å². The molecule has 0 spiro atoms. The van der Waals surface area contributed by atoms with Crippen LogP contribution in [0.3, 0.4) is 0 Å². The predicted molar refractivity (Wildman–Crippen MR) is 107 cm³/mol. The number of aromatic nitrogens is 2. The van der Waals surface area contributed by atoms with Crippen molar-refractivity contribution in [2.45, 2.75) is 43.6 Å². The zero-order chi connectivity index (χ0) is 19.7. The number of piperidine rings is 1. The van der Waals surface area contributed by atoms with Crippen LogP contribution in [0.15, 0.2) is 30.6 Å². The summed E-state index contributed by atoms with van der Waals surface area (Å²) in [5, 5.41) is 3.93. The monoisotopic (exact) mass is 406 g/mol. The van der Waals surface area contributed by atoms with Gasteiger partial charge in [0.15, 0.2) is 6.79 Å². The van der Waals surface area contributed by atoms with Crippen molar-refractivity contribution < 1.29 is 13.9 Å². The summed E-state index contributed by atoms with van der Waals surface area (Å²) < 4.78 is 25.4. The van der Waals surface area contributed by atoms with Gasteiger partial charge in [-0.05, 0) is 37.5 Å². The van der Waals surface area contributed by atoms with Gasteiger partial charge in [-0.3, -0.25) is 4.98 Å². The number of hydrogen-bond acceptors (Lipinski definition) is 6. The van der Waals surface area contributed by atoms with Gasteiger partial charge in [0.1, 0.15) is 17.7 Å². The normalized spacial score (nSPS) is 26.3. The van der Waals surface area contributed by atoms with Crippen LogP contribution >= 0.6 is 11.6 Å². The van der Waals surface area contributed by atoms with Crippen LogP contribution in [0.25, 0.3) is 11.3 Å². The van der Waals surface area contributed by atoms with Crippen molar-refractivity contribution in [3.63, 3.8) is 0 Å². The number of nitrogens with zero attached hydrogens (tertiary/aromatic N) is 3. The molecule has 0 aliphatic carbocycles. The summed E-state index contributed by atoms with van der Waals surface area (Å²) in [6.07, 6.45) is 5.18. The highest BCUT2D eigenvalue weighted by molar-refractivity contribution is 6.30. The van der Waals surface area contributed by atoms with Gasteiger partial charge < -0.3 is 19.7 Å². The molecule has 1 aromatic heterocycles. The molecule has 2 fully saturated rings. The molecular weight excluding hydrogens is 383 g/mol. The fraction of sp³-hybridized carbons (Fsp3) is 0.500. The molecule has 28 heavy (non-hydrogen) atoms. The third kappa shape index (κ3) is 3.79. The lowest BCUT2D eigenvalue weighted by Crippen LogP contribution is -2.55. The van der Waals surface area contributed by atoms with Gasteiger partial charge in [-0.2, -0.15) is 0 Å². The number of ether oxygens (including phenoxy) is 2. The van der Waals surface area contributed by atoms with Gasteiger partial charge in [-0.1, -0.05) is 11.6 Å². The van der Waals surface area contributed by atoms with E-state index in [0.717, 1.165) is 24.8 Å². The summed E-state index contributed by atoms with van der Waals surface area (Å²) in [5.74, 6) is 1.23. The highest BCUT2D eigenvalue weighted by atomic mass is 35.5. The van der Waals surface area contributed by atoms with Crippen molar-refractivity contribution in [1.29, 1.82) is 0 Å². The summed E-state index contributed by atoms with van der Waals surface area (Å²) >= 11 is 6.07. The zero-order valence-electron chi connectivity index (χ0n) is 15.9. The van der Waals surface area contributed by atoms with E-state index in [1.165, 1.54) is 0 Å². The lowest BCUT2D eigenvalue weighted by molar-refractivity contribution is 0.0515. The van der Waals surface area contributed by atoms with Crippen LogP contribution in [0, 0.1) is 0 Å². The molecular formula is C20H24ClFN4O2. The lowest BCUT2D eigenvalue weighted by Gasteiger charge is -2.38. The molecule has 0 radical (unpaired) electrons. The van der Waals surface area contributed by atoms with E-state index in [-0.39, 0.29) is 18.9 Å². The van der Waals surface area contributed by atoms with Crippen LogP contribution in [0.1, 0.15) is 19.3 Å². The van der Waals surface area contributed by atoms with Crippen LogP contribution in [-0.2, 0) is 4.74 Å². The number of methoxy groups -OCH3 is 1. The van der Waals surface area contributed by atoms with Crippen LogP contribution < -0.4 is 15.0 Å². The Kier molecular flexibility index (Phi) is 5.66. The van der Waals surface area contributed by atoms with E-state index < -0.39 is 6.17 Å². The van der Waals surface area contributed by atoms with Crippen LogP contribution in [0.4, 0.5) is 10.2 Å². The summed E-state index contributed by atoms with van der Waals surface area (Å²) in [5.41, 5.74) is 1.42. The SMILES string of the molecule is COCOc1cc(Cl)ccc1-c1cnc(N(C)[C@H]2C[C@@H]3CC[C@@H](N3)[C@@H]2F)cn1. The number of anilines is 1. The van der Waals surface area contributed by atoms with Gasteiger partial charge in [0.25, 0.3) is 0 Å². The first-order chi connectivity index (χ1) is 13.6. The number of hydrogen-bond donors (Lipinski definition) is 1. The average molecular weight is 407 g/mol. The Labute approximate surface area is 169 Å². The topological polar surface area (TPSA) is 59.5 Å². The second-order valence-corrected chi connectivity index (χ2v) is 7.79. The highest BCUT2D eigenvalue weighted by Gasteiger charge is 2.43. The minimum atomic E-state index is -0.907. The molecule has 0 amide bonds. The Morgan fingerprint density at radius 2 is 2.14 bits per heavy atom. The fourth-order valence-corrected chi connectivity index (χ4v) is 4.27. The Morgan fingerprint density at radius 1 is 1.29 bits per heavy atom. The molecule has 6 nitrogen and oxygen atoms in total. The molecule has 4 rings (SSSR count). The summed E-state index contributed by atoms with van der Waals surface area (Å²) in [6, 6.07) is 5.49. The number of fused-ring (bicyclic) bond motifs is 2. The molecule has 2 aliphatic rings. The van der Waals surface area contributed by atoms with E-state index in [9.17, 15) is 4.39 Å². The number of alkyl halides is 1. The summed E-state index contributed by atoms with van der Waals surface area (Å²) in [6.45, 7) is 0.109. The van der Waals surface area contributed by atoms with Gasteiger partial charge in [-0.25, -0.2) is 9.37 Å². The fourth-order valence-electron chi connectivity index (χ4n) is 4.11. The largest absolute Gasteiger partial charge is 0.467 e. The molecule has 4 atom stereocenters. The third-order valence-electron chi connectivity index (χ3n) is 5.60. The molecule has 0 saturated carbocycles. The molecule has 1 N–H and O–H groups in total. The Balaban J connectivity index is 1.54. The van der Waals surface area contributed by atoms with E-state index >= 15 is 0 Å². The van der Waals surface area contributed by atoms with Crippen molar-refractivity contribution in [3.8, 4) is 17.0 Å². The van der Waals surface area contributed by atoms with Gasteiger partial charge in [0.05, 0.1) is 24.1 Å². The molecule has 2 aromatic rings. The average Bonchev–Trinajstić information content (AvgIpc) is 3.12. The Hall–Kier alpha value is -1.96. The number of nitrogens with one attached hydrogen (secondary N) is 1. The van der Waals surface area contributed by atoms with Gasteiger partial charge >= 0.3 is 0 Å². The van der Waals surface area contributed by atoms with Crippen molar-refractivity contribution >= 4 is 17.4 Å². The minimum absolute atomic E-state index is 0.0482. The molecule has 2 aliphatic heterocycles. The van der Waals surface area contributed by atoms with Crippen molar-refractivity contribution in [3.05, 3.63) is 35.6 Å². The molecule has 1 aromatic carbocycles. The van der Waals surface area contributed by atoms with Gasteiger partial charge in [0.2, 0.25) is 0 Å². The maximum Gasteiger partial charge on any atom is 0.188 e. The lowest BCUT2D eigenvalue weighted by atomic mass is 9.96. The third-order valence-corrected chi connectivity index (χ3v) is 5.84. The smallest absolute Gasteiger partial charge is 0.188 e. The van der Waals surface area contributed by atoms with E-state index in [1.54, 1.807) is 31.6 Å². The Bertz CT molecular complexity index is 822. The molecule has 2 bridgehead atoms. The standard InChI is InChI=1S/C20H24ClFN4O2/c1-26(17-8-13-4-6-15(25-13)20(17)22)19-10-23-16(9-24-19)14-5-3-12(21)7-18(14)28-11-27-2/h3,5,7,9-10,13,15,17,20,25H,4,6,8,11H2,1-2H3/t13-,15+,17-,20-/m0/s1. The summed E-state index contributed by atoms with van der Waals surface area (Å²) in [4.78, 5) is 11.0. The predicted octanol–water partition coefficient (Wildman–Crippen LogP) is 3.45. The second-order valence-electron chi connectivity index (χ2n) is 7.36. The first-order valence-electron chi connectivity index (χ1n) is 9.43. The van der Waals surface area contributed by atoms with Crippen LogP contribution in [0.5, 0.6) is 5.75 Å². The molecule has 0 unspecified atom stereocenters. The van der Waals surface area contributed by atoms with Crippen LogP contribution in [-0.4, -0.2) is 55.2 Å². The molecule has 150 valence electrons. The highest BCUT2D eigenvalue weighted by Crippen LogP contribution is 2.34. The van der Waals surface area contributed by atoms with Crippen molar-refractivity contribution in [2.24, 2.45) is 0 Å². The zero-order valence-corrected chi connectivity index (χ0v) is 16.7. The molecule has 8 heteroatoms. The Morgan fingerprint density at radius 3 is 2.89 bits per heavy atom. The van der Waals surface area contributed by atoms with Crippen molar-refractivity contribution in [2.75, 3.05) is 25.9 Å².